The van der Waals surface area contributed by atoms with Crippen molar-refractivity contribution in [1.82, 2.24) is 0 Å². The van der Waals surface area contributed by atoms with Gasteiger partial charge in [-0.25, -0.2) is 0 Å². The van der Waals surface area contributed by atoms with Gasteiger partial charge in [0.1, 0.15) is 0 Å². The van der Waals surface area contributed by atoms with Crippen LogP contribution in [0.1, 0.15) is 11.1 Å². The van der Waals surface area contributed by atoms with Crippen molar-refractivity contribution in [2.75, 3.05) is 5.75 Å². The van der Waals surface area contributed by atoms with Crippen molar-refractivity contribution in [1.29, 1.82) is 0 Å². The first kappa shape index (κ1) is 19.5. The fourth-order valence-corrected chi connectivity index (χ4v) is 3.39. The zero-order valence-corrected chi connectivity index (χ0v) is 13.8. The summed E-state index contributed by atoms with van der Waals surface area (Å²) in [6.45, 7) is 3.34. The topological polar surface area (TPSA) is 163 Å². The van der Waals surface area contributed by atoms with Crippen LogP contribution in [0, 0.1) is 0 Å². The Morgan fingerprint density at radius 1 is 1.04 bits per heavy atom. The summed E-state index contributed by atoms with van der Waals surface area (Å²) in [6.07, 6.45) is 1.58. The molecule has 0 heterocycles. The third-order valence-electron chi connectivity index (χ3n) is 2.56. The van der Waals surface area contributed by atoms with E-state index in [1.54, 1.807) is 0 Å². The molecule has 0 atom stereocenters. The van der Waals surface area contributed by atoms with Gasteiger partial charge in [-0.1, -0.05) is 18.7 Å². The molecule has 0 amide bonds. The van der Waals surface area contributed by atoms with Gasteiger partial charge in [0.15, 0.2) is 0 Å². The molecular formula is C11H12O9S3. The molecule has 0 aliphatic heterocycles. The Hall–Kier alpha value is -1.57. The van der Waals surface area contributed by atoms with Crippen LogP contribution in [-0.4, -0.2) is 44.7 Å². The van der Waals surface area contributed by atoms with Crippen LogP contribution in [0.25, 0.3) is 11.0 Å². The largest absolute Gasteiger partial charge is 0.294 e. The van der Waals surface area contributed by atoms with E-state index in [-0.39, 0.29) is 11.1 Å². The molecule has 128 valence electrons. The van der Waals surface area contributed by atoms with Gasteiger partial charge in [0.05, 0.1) is 15.6 Å². The zero-order valence-electron chi connectivity index (χ0n) is 11.3. The summed E-state index contributed by atoms with van der Waals surface area (Å²) in [6, 6.07) is 2.66. The SMILES string of the molecule is C=Cc1cc(S(=O)(=O)O)ccc1/C(=C\CS(=O)(=O)O)S(=O)(=O)O. The molecule has 0 spiro atoms. The third-order valence-corrected chi connectivity index (χ3v) is 4.94. The molecule has 3 N–H and O–H groups in total. The molecule has 12 heteroatoms. The minimum atomic E-state index is -4.90. The molecule has 23 heavy (non-hydrogen) atoms. The van der Waals surface area contributed by atoms with E-state index in [9.17, 15) is 29.8 Å². The van der Waals surface area contributed by atoms with E-state index in [4.69, 9.17) is 9.11 Å². The van der Waals surface area contributed by atoms with Crippen molar-refractivity contribution in [2.24, 2.45) is 0 Å². The van der Waals surface area contributed by atoms with Gasteiger partial charge in [-0.3, -0.25) is 13.7 Å². The van der Waals surface area contributed by atoms with Crippen LogP contribution in [0.4, 0.5) is 0 Å². The summed E-state index contributed by atoms with van der Waals surface area (Å²) in [4.78, 5) is -1.42. The Kier molecular flexibility index (Phi) is 5.51. The summed E-state index contributed by atoms with van der Waals surface area (Å²) >= 11 is 0. The van der Waals surface area contributed by atoms with Gasteiger partial charge >= 0.3 is 0 Å². The van der Waals surface area contributed by atoms with Crippen LogP contribution >= 0.6 is 0 Å². The second kappa shape index (κ2) is 6.51. The van der Waals surface area contributed by atoms with Crippen molar-refractivity contribution in [3.05, 3.63) is 42.0 Å². The Balaban J connectivity index is 3.65. The molecule has 9 nitrogen and oxygen atoms in total. The lowest BCUT2D eigenvalue weighted by Crippen LogP contribution is -2.08. The van der Waals surface area contributed by atoms with Gasteiger partial charge in [-0.2, -0.15) is 25.3 Å². The Morgan fingerprint density at radius 2 is 1.61 bits per heavy atom. The van der Waals surface area contributed by atoms with E-state index < -0.39 is 45.9 Å². The number of hydrogen-bond acceptors (Lipinski definition) is 6. The van der Waals surface area contributed by atoms with Crippen molar-refractivity contribution in [2.45, 2.75) is 4.90 Å². The third kappa shape index (κ3) is 5.53. The Morgan fingerprint density at radius 3 is 2.00 bits per heavy atom. The molecule has 0 saturated carbocycles. The molecule has 0 aromatic heterocycles. The summed E-state index contributed by atoms with van der Waals surface area (Å²) < 4.78 is 93.2. The molecule has 0 saturated heterocycles. The van der Waals surface area contributed by atoms with Gasteiger partial charge in [-0.15, -0.1) is 0 Å². The molecule has 1 rings (SSSR count). The maximum Gasteiger partial charge on any atom is 0.294 e. The highest BCUT2D eigenvalue weighted by Crippen LogP contribution is 2.27. The van der Waals surface area contributed by atoms with Crippen LogP contribution in [-0.2, 0) is 30.4 Å². The minimum Gasteiger partial charge on any atom is -0.285 e. The maximum atomic E-state index is 11.4. The quantitative estimate of drug-likeness (QED) is 0.599. The zero-order chi connectivity index (χ0) is 18.1. The molecule has 0 aliphatic carbocycles. The van der Waals surface area contributed by atoms with E-state index in [2.05, 4.69) is 6.58 Å². The van der Waals surface area contributed by atoms with Crippen molar-refractivity contribution < 1.29 is 38.9 Å². The Labute approximate surface area is 133 Å². The predicted molar refractivity (Wildman–Crippen MR) is 82.3 cm³/mol. The van der Waals surface area contributed by atoms with Crippen LogP contribution < -0.4 is 0 Å². The second-order valence-corrected chi connectivity index (χ2v) is 8.53. The molecule has 0 radical (unpaired) electrons. The normalized spacial score (nSPS) is 13.8. The first-order chi connectivity index (χ1) is 10.3. The molecule has 0 unspecified atom stereocenters. The van der Waals surface area contributed by atoms with Gasteiger partial charge in [0.2, 0.25) is 0 Å². The van der Waals surface area contributed by atoms with E-state index in [1.165, 1.54) is 0 Å². The average molecular weight is 384 g/mol. The lowest BCUT2D eigenvalue weighted by atomic mass is 10.1. The smallest absolute Gasteiger partial charge is 0.285 e. The lowest BCUT2D eigenvalue weighted by molar-refractivity contribution is 0.482. The standard InChI is InChI=1S/C11H12O9S3/c1-2-8-7-9(22(15,16)17)3-4-10(8)11(23(18,19)20)5-6-21(12,13)14/h2-5,7H,1,6H2,(H,12,13,14)(H,15,16,17)(H,18,19,20)/b11-5+. The fraction of sp³-hybridized carbons (Fsp3) is 0.0909. The monoisotopic (exact) mass is 384 g/mol. The van der Waals surface area contributed by atoms with Crippen molar-refractivity contribution in [3.8, 4) is 0 Å². The van der Waals surface area contributed by atoms with Gasteiger partial charge < -0.3 is 0 Å². The lowest BCUT2D eigenvalue weighted by Gasteiger charge is -2.10. The molecular weight excluding hydrogens is 372 g/mol. The van der Waals surface area contributed by atoms with Crippen LogP contribution in [0.5, 0.6) is 0 Å². The maximum absolute atomic E-state index is 11.4. The van der Waals surface area contributed by atoms with Crippen LogP contribution in [0.2, 0.25) is 0 Å². The summed E-state index contributed by atoms with van der Waals surface area (Å²) in [5.74, 6) is -1.10. The second-order valence-electron chi connectivity index (χ2n) is 4.22. The average Bonchev–Trinajstić information content (AvgIpc) is 2.34. The fourth-order valence-electron chi connectivity index (χ4n) is 1.63. The van der Waals surface area contributed by atoms with Crippen molar-refractivity contribution >= 4 is 41.3 Å². The highest BCUT2D eigenvalue weighted by Gasteiger charge is 2.21. The Bertz CT molecular complexity index is 968. The summed E-state index contributed by atoms with van der Waals surface area (Å²) in [5.41, 5.74) is -0.377. The highest BCUT2D eigenvalue weighted by molar-refractivity contribution is 7.95. The highest BCUT2D eigenvalue weighted by atomic mass is 32.2. The minimum absolute atomic E-state index is 0.112. The van der Waals surface area contributed by atoms with Gasteiger partial charge in [0.25, 0.3) is 30.4 Å². The molecule has 0 bridgehead atoms. The summed E-state index contributed by atoms with van der Waals surface area (Å²) in [7, 11) is -14.0. The van der Waals surface area contributed by atoms with E-state index in [0.717, 1.165) is 24.3 Å². The van der Waals surface area contributed by atoms with Crippen LogP contribution in [0.15, 0.2) is 35.7 Å². The van der Waals surface area contributed by atoms with E-state index >= 15 is 0 Å². The molecule has 1 aromatic carbocycles. The van der Waals surface area contributed by atoms with Gasteiger partial charge in [-0.05, 0) is 23.8 Å². The number of rotatable bonds is 6. The number of benzene rings is 1. The molecule has 0 fully saturated rings. The first-order valence-corrected chi connectivity index (χ1v) is 10.1. The van der Waals surface area contributed by atoms with Gasteiger partial charge in [0, 0.05) is 5.56 Å². The van der Waals surface area contributed by atoms with Crippen molar-refractivity contribution in [3.63, 3.8) is 0 Å². The molecule has 1 aromatic rings. The van der Waals surface area contributed by atoms with E-state index in [1.807, 2.05) is 0 Å². The van der Waals surface area contributed by atoms with Crippen LogP contribution in [0.3, 0.4) is 0 Å². The summed E-state index contributed by atoms with van der Waals surface area (Å²) in [5, 5.41) is 0. The number of hydrogen-bond donors (Lipinski definition) is 3. The predicted octanol–water partition coefficient (Wildman–Crippen LogP) is 0.693. The first-order valence-electron chi connectivity index (χ1n) is 5.63. The molecule has 0 aliphatic rings. The van der Waals surface area contributed by atoms with E-state index in [0.29, 0.717) is 6.08 Å².